The van der Waals surface area contributed by atoms with E-state index >= 15 is 0 Å². The Bertz CT molecular complexity index is 580. The molecule has 0 aliphatic heterocycles. The summed E-state index contributed by atoms with van der Waals surface area (Å²) in [7, 11) is 0. The number of aromatic nitrogens is 3. The van der Waals surface area contributed by atoms with Crippen molar-refractivity contribution in [2.45, 2.75) is 26.8 Å². The Labute approximate surface area is 112 Å². The summed E-state index contributed by atoms with van der Waals surface area (Å²) in [5, 5.41) is 12.9. The average molecular weight is 256 g/mol. The van der Waals surface area contributed by atoms with E-state index in [1.54, 1.807) is 0 Å². The molecule has 5 heteroatoms. The molecule has 0 aliphatic rings. The van der Waals surface area contributed by atoms with Gasteiger partial charge in [0, 0.05) is 0 Å². The molecule has 1 aromatic heterocycles. The second-order valence-electron chi connectivity index (χ2n) is 4.26. The minimum absolute atomic E-state index is 0.428. The largest absolute Gasteiger partial charge is 0.492 e. The van der Waals surface area contributed by atoms with Crippen LogP contribution in [0.2, 0.25) is 0 Å². The minimum Gasteiger partial charge on any atom is -0.492 e. The van der Waals surface area contributed by atoms with Crippen LogP contribution < -0.4 is 4.74 Å². The highest BCUT2D eigenvalue weighted by atomic mass is 16.5. The number of ether oxygens (including phenoxy) is 1. The smallest absolute Gasteiger partial charge is 0.147 e. The topological polar surface area (TPSA) is 63.7 Å². The molecule has 0 aliphatic carbocycles. The molecule has 0 saturated carbocycles. The maximum Gasteiger partial charge on any atom is 0.147 e. The molecule has 0 N–H and O–H groups in total. The van der Waals surface area contributed by atoms with Gasteiger partial charge >= 0.3 is 0 Å². The van der Waals surface area contributed by atoms with Gasteiger partial charge in [0.2, 0.25) is 0 Å². The van der Waals surface area contributed by atoms with Crippen LogP contribution in [0, 0.1) is 25.2 Å². The summed E-state index contributed by atoms with van der Waals surface area (Å²) in [5.41, 5.74) is 0.998. The predicted octanol–water partition coefficient (Wildman–Crippen LogP) is 2.04. The predicted molar refractivity (Wildman–Crippen MR) is 70.8 cm³/mol. The van der Waals surface area contributed by atoms with Crippen molar-refractivity contribution < 1.29 is 4.74 Å². The lowest BCUT2D eigenvalue weighted by molar-refractivity contribution is 0.289. The molecule has 2 aromatic rings. The van der Waals surface area contributed by atoms with Crippen LogP contribution in [0.1, 0.15) is 17.2 Å². The Balaban J connectivity index is 1.86. The van der Waals surface area contributed by atoms with Crippen molar-refractivity contribution in [3.8, 4) is 11.8 Å². The van der Waals surface area contributed by atoms with Gasteiger partial charge in [-0.25, -0.2) is 9.67 Å². The summed E-state index contributed by atoms with van der Waals surface area (Å²) in [6, 6.07) is 9.69. The summed E-state index contributed by atoms with van der Waals surface area (Å²) in [4.78, 5) is 4.23. The van der Waals surface area contributed by atoms with E-state index < -0.39 is 0 Å². The van der Waals surface area contributed by atoms with Gasteiger partial charge in [-0.3, -0.25) is 0 Å². The zero-order valence-electron chi connectivity index (χ0n) is 11.1. The van der Waals surface area contributed by atoms with Crippen molar-refractivity contribution in [3.05, 3.63) is 41.5 Å². The molecule has 98 valence electrons. The Kier molecular flexibility index (Phi) is 4.14. The lowest BCUT2D eigenvalue weighted by Crippen LogP contribution is -2.11. The zero-order chi connectivity index (χ0) is 13.7. The molecule has 0 bridgehead atoms. The van der Waals surface area contributed by atoms with Crippen LogP contribution in [0.5, 0.6) is 5.75 Å². The highest BCUT2D eigenvalue weighted by molar-refractivity contribution is 5.28. The van der Waals surface area contributed by atoms with Crippen molar-refractivity contribution in [1.82, 2.24) is 14.8 Å². The Morgan fingerprint density at radius 2 is 2.00 bits per heavy atom. The number of hydrogen-bond acceptors (Lipinski definition) is 4. The van der Waals surface area contributed by atoms with Crippen LogP contribution in [0.15, 0.2) is 24.3 Å². The van der Waals surface area contributed by atoms with Gasteiger partial charge in [0.15, 0.2) is 0 Å². The molecule has 0 radical (unpaired) electrons. The number of nitriles is 1. The highest BCUT2D eigenvalue weighted by Gasteiger charge is 2.02. The fourth-order valence-electron chi connectivity index (χ4n) is 1.82. The first-order chi connectivity index (χ1) is 9.19. The third-order valence-electron chi connectivity index (χ3n) is 2.74. The van der Waals surface area contributed by atoms with Crippen molar-refractivity contribution >= 4 is 0 Å². The van der Waals surface area contributed by atoms with Crippen LogP contribution in [-0.4, -0.2) is 21.4 Å². The first-order valence-corrected chi connectivity index (χ1v) is 6.16. The van der Waals surface area contributed by atoms with Gasteiger partial charge in [-0.2, -0.15) is 10.4 Å². The summed E-state index contributed by atoms with van der Waals surface area (Å²) >= 11 is 0. The lowest BCUT2D eigenvalue weighted by atomic mass is 10.2. The minimum atomic E-state index is 0.428. The van der Waals surface area contributed by atoms with Crippen molar-refractivity contribution in [3.63, 3.8) is 0 Å². The number of hydrogen-bond donors (Lipinski definition) is 0. The molecule has 0 atom stereocenters. The van der Waals surface area contributed by atoms with Crippen LogP contribution in [0.25, 0.3) is 0 Å². The van der Waals surface area contributed by atoms with Crippen molar-refractivity contribution in [2.75, 3.05) is 6.61 Å². The molecule has 1 heterocycles. The molecule has 5 nitrogen and oxygen atoms in total. The van der Waals surface area contributed by atoms with E-state index in [9.17, 15) is 0 Å². The molecule has 1 aromatic carbocycles. The van der Waals surface area contributed by atoms with E-state index in [0.717, 1.165) is 23.0 Å². The number of aryl methyl sites for hydroxylation is 2. The second kappa shape index (κ2) is 6.01. The lowest BCUT2D eigenvalue weighted by Gasteiger charge is -2.07. The van der Waals surface area contributed by atoms with Crippen molar-refractivity contribution in [2.24, 2.45) is 0 Å². The second-order valence-corrected chi connectivity index (χ2v) is 4.26. The van der Waals surface area contributed by atoms with Gasteiger partial charge in [-0.1, -0.05) is 12.1 Å². The number of nitrogens with zero attached hydrogens (tertiary/aromatic N) is 4. The quantitative estimate of drug-likeness (QED) is 0.821. The standard InChI is InChI=1S/C14H16N4O/c1-11-16-12(2)18(17-11)9-10-19-14-5-3-13(4-6-14)7-8-15/h3-6H,7,9-10H2,1-2H3. The van der Waals surface area contributed by atoms with Gasteiger partial charge in [-0.05, 0) is 31.5 Å². The Hall–Kier alpha value is -2.35. The SMILES string of the molecule is Cc1nc(C)n(CCOc2ccc(CC#N)cc2)n1. The first kappa shape index (κ1) is 13.1. The molecular formula is C14H16N4O. The fraction of sp³-hybridized carbons (Fsp3) is 0.357. The normalized spacial score (nSPS) is 10.2. The average Bonchev–Trinajstić information content (AvgIpc) is 2.71. The van der Waals surface area contributed by atoms with Gasteiger partial charge < -0.3 is 4.74 Å². The van der Waals surface area contributed by atoms with Crippen LogP contribution in [0.3, 0.4) is 0 Å². The van der Waals surface area contributed by atoms with Crippen LogP contribution >= 0.6 is 0 Å². The Morgan fingerprint density at radius 3 is 2.58 bits per heavy atom. The van der Waals surface area contributed by atoms with Gasteiger partial charge in [-0.15, -0.1) is 0 Å². The van der Waals surface area contributed by atoms with Gasteiger partial charge in [0.25, 0.3) is 0 Å². The molecular weight excluding hydrogens is 240 g/mol. The third-order valence-corrected chi connectivity index (χ3v) is 2.74. The summed E-state index contributed by atoms with van der Waals surface area (Å²) in [6.07, 6.45) is 0.428. The van der Waals surface area contributed by atoms with E-state index in [0.29, 0.717) is 19.6 Å². The number of benzene rings is 1. The monoisotopic (exact) mass is 256 g/mol. The first-order valence-electron chi connectivity index (χ1n) is 6.16. The fourth-order valence-corrected chi connectivity index (χ4v) is 1.82. The van der Waals surface area contributed by atoms with E-state index in [1.807, 2.05) is 42.8 Å². The highest BCUT2D eigenvalue weighted by Crippen LogP contribution is 2.12. The molecule has 0 unspecified atom stereocenters. The van der Waals surface area contributed by atoms with E-state index in [4.69, 9.17) is 10.00 Å². The van der Waals surface area contributed by atoms with Crippen LogP contribution in [0.4, 0.5) is 0 Å². The third kappa shape index (κ3) is 3.55. The molecule has 2 rings (SSSR count). The van der Waals surface area contributed by atoms with Crippen LogP contribution in [-0.2, 0) is 13.0 Å². The molecule has 0 spiro atoms. The van der Waals surface area contributed by atoms with Gasteiger partial charge in [0.1, 0.15) is 24.0 Å². The molecule has 0 saturated heterocycles. The number of rotatable bonds is 5. The van der Waals surface area contributed by atoms with Gasteiger partial charge in [0.05, 0.1) is 19.0 Å². The van der Waals surface area contributed by atoms with E-state index in [2.05, 4.69) is 16.2 Å². The van der Waals surface area contributed by atoms with Crippen molar-refractivity contribution in [1.29, 1.82) is 5.26 Å². The zero-order valence-corrected chi connectivity index (χ0v) is 11.1. The Morgan fingerprint density at radius 1 is 1.26 bits per heavy atom. The molecule has 0 fully saturated rings. The maximum absolute atomic E-state index is 8.59. The maximum atomic E-state index is 8.59. The van der Waals surface area contributed by atoms with E-state index in [-0.39, 0.29) is 0 Å². The van der Waals surface area contributed by atoms with E-state index in [1.165, 1.54) is 0 Å². The molecule has 0 amide bonds. The molecule has 19 heavy (non-hydrogen) atoms. The summed E-state index contributed by atoms with van der Waals surface area (Å²) < 4.78 is 7.47. The summed E-state index contributed by atoms with van der Waals surface area (Å²) in [6.45, 7) is 5.02. The summed E-state index contributed by atoms with van der Waals surface area (Å²) in [5.74, 6) is 2.47.